The van der Waals surface area contributed by atoms with E-state index in [-0.39, 0.29) is 12.4 Å². The van der Waals surface area contributed by atoms with Gasteiger partial charge in [0.25, 0.3) is 5.91 Å². The van der Waals surface area contributed by atoms with E-state index in [0.29, 0.717) is 28.2 Å². The average Bonchev–Trinajstić information content (AvgIpc) is 2.90. The van der Waals surface area contributed by atoms with Crippen LogP contribution in [-0.2, 0) is 6.61 Å². The molecule has 174 valence electrons. The van der Waals surface area contributed by atoms with Crippen LogP contribution in [0.3, 0.4) is 0 Å². The zero-order valence-corrected chi connectivity index (χ0v) is 18.4. The molecule has 0 saturated heterocycles. The Balaban J connectivity index is 1.33. The van der Waals surface area contributed by atoms with Crippen molar-refractivity contribution in [1.82, 2.24) is 10.4 Å². The van der Waals surface area contributed by atoms with E-state index in [1.165, 1.54) is 24.5 Å². The fraction of sp³-hybridized carbons (Fsp3) is 0.0370. The van der Waals surface area contributed by atoms with Crippen molar-refractivity contribution in [3.63, 3.8) is 0 Å². The van der Waals surface area contributed by atoms with Crippen LogP contribution in [0, 0.1) is 5.82 Å². The summed E-state index contributed by atoms with van der Waals surface area (Å²) in [6.07, 6.45) is 4.47. The fourth-order valence-electron chi connectivity index (χ4n) is 3.02. The molecule has 1 aromatic heterocycles. The number of para-hydroxylation sites is 1. The minimum atomic E-state index is -0.507. The van der Waals surface area contributed by atoms with Crippen LogP contribution < -0.4 is 14.9 Å². The number of hydrazone groups is 1. The number of rotatable bonds is 8. The fourth-order valence-corrected chi connectivity index (χ4v) is 3.02. The summed E-state index contributed by atoms with van der Waals surface area (Å²) in [6.45, 7) is 0.186. The smallest absolute Gasteiger partial charge is 0.345 e. The van der Waals surface area contributed by atoms with Gasteiger partial charge in [0.05, 0.1) is 17.3 Å². The molecule has 0 aliphatic heterocycles. The minimum absolute atomic E-state index is 0.186. The molecule has 4 rings (SSSR count). The van der Waals surface area contributed by atoms with Crippen molar-refractivity contribution in [1.29, 1.82) is 0 Å². The number of carbonyl (C=O) groups is 2. The molecule has 0 aliphatic carbocycles. The molecule has 8 heteroatoms. The van der Waals surface area contributed by atoms with Gasteiger partial charge in [0.2, 0.25) is 0 Å². The molecule has 0 aliphatic rings. The standard InChI is InChI=1S/C27H20FN3O4/c28-22-11-7-20(8-12-22)18-34-25-6-2-1-5-24(25)26(32)31-30-16-19-9-13-23(14-10-19)35-27(33)21-4-3-15-29-17-21/h1-17H,18H2,(H,31,32)/b30-16-. The van der Waals surface area contributed by atoms with Crippen molar-refractivity contribution >= 4 is 18.1 Å². The number of hydrogen-bond acceptors (Lipinski definition) is 6. The van der Waals surface area contributed by atoms with E-state index >= 15 is 0 Å². The normalized spacial score (nSPS) is 10.7. The van der Waals surface area contributed by atoms with Crippen LogP contribution in [0.5, 0.6) is 11.5 Å². The van der Waals surface area contributed by atoms with Crippen molar-refractivity contribution in [3.8, 4) is 11.5 Å². The van der Waals surface area contributed by atoms with E-state index < -0.39 is 11.9 Å². The van der Waals surface area contributed by atoms with Gasteiger partial charge in [-0.25, -0.2) is 14.6 Å². The van der Waals surface area contributed by atoms with Crippen LogP contribution in [0.4, 0.5) is 4.39 Å². The van der Waals surface area contributed by atoms with Gasteiger partial charge in [0.1, 0.15) is 23.9 Å². The summed E-state index contributed by atoms with van der Waals surface area (Å²) in [5, 5.41) is 3.99. The summed E-state index contributed by atoms with van der Waals surface area (Å²) in [5.74, 6) is -0.534. The molecule has 0 radical (unpaired) electrons. The number of hydrogen-bond donors (Lipinski definition) is 1. The molecule has 35 heavy (non-hydrogen) atoms. The predicted molar refractivity (Wildman–Crippen MR) is 128 cm³/mol. The number of carbonyl (C=O) groups excluding carboxylic acids is 2. The third kappa shape index (κ3) is 6.58. The molecule has 1 amide bonds. The number of esters is 1. The lowest BCUT2D eigenvalue weighted by molar-refractivity contribution is 0.0734. The SMILES string of the molecule is O=C(Oc1ccc(/C=N\NC(=O)c2ccccc2OCc2ccc(F)cc2)cc1)c1cccnc1. The molecule has 4 aromatic rings. The van der Waals surface area contributed by atoms with Crippen LogP contribution in [0.25, 0.3) is 0 Å². The van der Waals surface area contributed by atoms with E-state index in [2.05, 4.69) is 15.5 Å². The van der Waals surface area contributed by atoms with Gasteiger partial charge in [0, 0.05) is 12.4 Å². The lowest BCUT2D eigenvalue weighted by Gasteiger charge is -2.10. The highest BCUT2D eigenvalue weighted by atomic mass is 19.1. The number of pyridine rings is 1. The van der Waals surface area contributed by atoms with Crippen molar-refractivity contribution in [2.24, 2.45) is 5.10 Å². The Hall–Kier alpha value is -4.85. The monoisotopic (exact) mass is 469 g/mol. The molecule has 3 aromatic carbocycles. The number of nitrogens with zero attached hydrogens (tertiary/aromatic N) is 2. The highest BCUT2D eigenvalue weighted by molar-refractivity contribution is 5.97. The van der Waals surface area contributed by atoms with Gasteiger partial charge >= 0.3 is 5.97 Å². The second-order valence-electron chi connectivity index (χ2n) is 7.31. The van der Waals surface area contributed by atoms with E-state index in [1.54, 1.807) is 79.0 Å². The summed E-state index contributed by atoms with van der Waals surface area (Å²) in [4.78, 5) is 28.6. The number of aromatic nitrogens is 1. The minimum Gasteiger partial charge on any atom is -0.488 e. The maximum absolute atomic E-state index is 13.1. The summed E-state index contributed by atoms with van der Waals surface area (Å²) in [7, 11) is 0. The highest BCUT2D eigenvalue weighted by Gasteiger charge is 2.12. The Morgan fingerprint density at radius 3 is 2.46 bits per heavy atom. The first-order valence-electron chi connectivity index (χ1n) is 10.6. The number of halogens is 1. The summed E-state index contributed by atoms with van der Waals surface area (Å²) in [6, 6.07) is 22.6. The van der Waals surface area contributed by atoms with Crippen LogP contribution in [-0.4, -0.2) is 23.1 Å². The largest absolute Gasteiger partial charge is 0.488 e. The Bertz CT molecular complexity index is 1320. The van der Waals surface area contributed by atoms with Crippen LogP contribution in [0.15, 0.2) is 102 Å². The number of nitrogens with one attached hydrogen (secondary N) is 1. The second kappa shape index (κ2) is 11.3. The number of ether oxygens (including phenoxy) is 2. The summed E-state index contributed by atoms with van der Waals surface area (Å²) < 4.78 is 24.1. The summed E-state index contributed by atoms with van der Waals surface area (Å²) in [5.41, 5.74) is 4.59. The van der Waals surface area contributed by atoms with E-state index in [0.717, 1.165) is 5.56 Å². The molecule has 1 N–H and O–H groups in total. The molecule has 1 heterocycles. The third-order valence-corrected chi connectivity index (χ3v) is 4.81. The first kappa shape index (κ1) is 23.3. The van der Waals surface area contributed by atoms with Gasteiger partial charge < -0.3 is 9.47 Å². The van der Waals surface area contributed by atoms with Gasteiger partial charge in [-0.2, -0.15) is 5.10 Å². The molecular weight excluding hydrogens is 449 g/mol. The Kier molecular flexibility index (Phi) is 7.55. The molecule has 0 fully saturated rings. The van der Waals surface area contributed by atoms with Crippen molar-refractivity contribution in [2.75, 3.05) is 0 Å². The van der Waals surface area contributed by atoms with E-state index in [1.807, 2.05) is 0 Å². The highest BCUT2D eigenvalue weighted by Crippen LogP contribution is 2.19. The molecule has 0 atom stereocenters. The summed E-state index contributed by atoms with van der Waals surface area (Å²) >= 11 is 0. The lowest BCUT2D eigenvalue weighted by Crippen LogP contribution is -2.18. The van der Waals surface area contributed by atoms with Gasteiger partial charge in [0.15, 0.2) is 0 Å². The van der Waals surface area contributed by atoms with Gasteiger partial charge in [-0.15, -0.1) is 0 Å². The zero-order valence-electron chi connectivity index (χ0n) is 18.4. The maximum Gasteiger partial charge on any atom is 0.345 e. The van der Waals surface area contributed by atoms with Crippen LogP contribution in [0.1, 0.15) is 31.8 Å². The third-order valence-electron chi connectivity index (χ3n) is 4.81. The first-order chi connectivity index (χ1) is 17.1. The Labute approximate surface area is 200 Å². The quantitative estimate of drug-likeness (QED) is 0.174. The van der Waals surface area contributed by atoms with Crippen molar-refractivity contribution in [2.45, 2.75) is 6.61 Å². The molecule has 0 unspecified atom stereocenters. The van der Waals surface area contributed by atoms with Crippen molar-refractivity contribution in [3.05, 3.63) is 125 Å². The second-order valence-corrected chi connectivity index (χ2v) is 7.31. The number of benzene rings is 3. The molecule has 0 spiro atoms. The van der Waals surface area contributed by atoms with E-state index in [4.69, 9.17) is 9.47 Å². The Morgan fingerprint density at radius 1 is 0.943 bits per heavy atom. The van der Waals surface area contributed by atoms with Gasteiger partial charge in [-0.1, -0.05) is 24.3 Å². The lowest BCUT2D eigenvalue weighted by atomic mass is 10.2. The van der Waals surface area contributed by atoms with Crippen LogP contribution >= 0.6 is 0 Å². The molecule has 7 nitrogen and oxygen atoms in total. The topological polar surface area (TPSA) is 89.9 Å². The Morgan fingerprint density at radius 2 is 1.71 bits per heavy atom. The maximum atomic E-state index is 13.1. The van der Waals surface area contributed by atoms with Crippen LogP contribution in [0.2, 0.25) is 0 Å². The number of amides is 1. The van der Waals surface area contributed by atoms with Crippen molar-refractivity contribution < 1.29 is 23.5 Å². The average molecular weight is 469 g/mol. The first-order valence-corrected chi connectivity index (χ1v) is 10.6. The molecular formula is C27H20FN3O4. The zero-order chi connectivity index (χ0) is 24.5. The molecule has 0 saturated carbocycles. The van der Waals surface area contributed by atoms with Gasteiger partial charge in [-0.3, -0.25) is 9.78 Å². The molecule has 0 bridgehead atoms. The van der Waals surface area contributed by atoms with Gasteiger partial charge in [-0.05, 0) is 71.8 Å². The van der Waals surface area contributed by atoms with E-state index in [9.17, 15) is 14.0 Å². The predicted octanol–water partition coefficient (Wildman–Crippen LogP) is 4.78.